The molecule has 34 heavy (non-hydrogen) atoms. The van der Waals surface area contributed by atoms with Crippen molar-refractivity contribution < 1.29 is 17.9 Å². The van der Waals surface area contributed by atoms with E-state index in [1.54, 1.807) is 38.3 Å². The van der Waals surface area contributed by atoms with Crippen molar-refractivity contribution >= 4 is 21.6 Å². The van der Waals surface area contributed by atoms with Crippen LogP contribution in [-0.2, 0) is 10.0 Å². The Balaban J connectivity index is 1.77. The quantitative estimate of drug-likeness (QED) is 0.480. The molecule has 8 heteroatoms. The van der Waals surface area contributed by atoms with Crippen LogP contribution in [0.15, 0.2) is 71.6 Å². The summed E-state index contributed by atoms with van der Waals surface area (Å²) in [6, 6.07) is 19.4. The molecule has 0 bridgehead atoms. The zero-order valence-electron chi connectivity index (χ0n) is 20.1. The van der Waals surface area contributed by atoms with Crippen molar-refractivity contribution in [2.24, 2.45) is 0 Å². The number of likely N-dealkylation sites (N-methyl/N-ethyl adjacent to an activating group) is 1. The Bertz CT molecular complexity index is 1240. The smallest absolute Gasteiger partial charge is 0.262 e. The number of methoxy groups -OCH3 is 1. The van der Waals surface area contributed by atoms with Crippen molar-refractivity contribution in [3.8, 4) is 5.75 Å². The lowest BCUT2D eigenvalue weighted by molar-refractivity contribution is 0.0941. The van der Waals surface area contributed by atoms with Crippen molar-refractivity contribution in [3.05, 3.63) is 89.0 Å². The van der Waals surface area contributed by atoms with Crippen LogP contribution in [0.25, 0.3) is 0 Å². The molecule has 0 saturated carbocycles. The van der Waals surface area contributed by atoms with Crippen molar-refractivity contribution in [2.45, 2.75) is 24.8 Å². The van der Waals surface area contributed by atoms with E-state index in [1.165, 1.54) is 6.07 Å². The van der Waals surface area contributed by atoms with E-state index >= 15 is 0 Å². The minimum absolute atomic E-state index is 0.0632. The third-order valence-corrected chi connectivity index (χ3v) is 7.15. The molecule has 0 fully saturated rings. The number of carbonyl (C=O) groups is 1. The molecule has 1 amide bonds. The van der Waals surface area contributed by atoms with Crippen LogP contribution in [0.4, 0.5) is 5.69 Å². The van der Waals surface area contributed by atoms with Crippen molar-refractivity contribution in [1.29, 1.82) is 0 Å². The SMILES string of the molecule is COc1ccc([C@H](CNC(=O)c2ccc(C)c(S(=O)(=O)Nc3ccc(C)cc3)c2)N(C)C)cc1. The van der Waals surface area contributed by atoms with Crippen molar-refractivity contribution in [3.63, 3.8) is 0 Å². The molecule has 3 aromatic rings. The summed E-state index contributed by atoms with van der Waals surface area (Å²) in [5.41, 5.74) is 3.36. The standard InChI is InChI=1S/C26H31N3O4S/c1-18-6-12-22(13-7-18)28-34(31,32)25-16-21(9-8-19(25)2)26(30)27-17-24(29(3)4)20-10-14-23(33-5)15-11-20/h6-16,24,28H,17H2,1-5H3,(H,27,30)/t24-/m0/s1. The molecule has 180 valence electrons. The van der Waals surface area contributed by atoms with Gasteiger partial charge in [0.1, 0.15) is 5.75 Å². The van der Waals surface area contributed by atoms with Gasteiger partial charge in [-0.05, 0) is 75.5 Å². The van der Waals surface area contributed by atoms with Crippen LogP contribution in [0, 0.1) is 13.8 Å². The molecule has 0 heterocycles. The summed E-state index contributed by atoms with van der Waals surface area (Å²) >= 11 is 0. The number of nitrogens with zero attached hydrogens (tertiary/aromatic N) is 1. The molecule has 0 aliphatic rings. The summed E-state index contributed by atoms with van der Waals surface area (Å²) in [6.07, 6.45) is 0. The third-order valence-electron chi connectivity index (χ3n) is 5.62. The van der Waals surface area contributed by atoms with Gasteiger partial charge in [0.25, 0.3) is 15.9 Å². The number of carbonyl (C=O) groups excluding carboxylic acids is 1. The minimum Gasteiger partial charge on any atom is -0.497 e. The first kappa shape index (κ1) is 25.3. The van der Waals surface area contributed by atoms with Gasteiger partial charge in [-0.2, -0.15) is 0 Å². The Morgan fingerprint density at radius 3 is 2.21 bits per heavy atom. The number of anilines is 1. The predicted molar refractivity (Wildman–Crippen MR) is 135 cm³/mol. The molecule has 1 atom stereocenters. The number of benzene rings is 3. The zero-order valence-corrected chi connectivity index (χ0v) is 20.9. The molecule has 0 unspecified atom stereocenters. The molecule has 3 aromatic carbocycles. The maximum atomic E-state index is 13.0. The summed E-state index contributed by atoms with van der Waals surface area (Å²) < 4.78 is 33.8. The Kier molecular flexibility index (Phi) is 7.96. The number of nitrogens with one attached hydrogen (secondary N) is 2. The Morgan fingerprint density at radius 1 is 0.971 bits per heavy atom. The van der Waals surface area contributed by atoms with Gasteiger partial charge in [-0.25, -0.2) is 8.42 Å². The van der Waals surface area contributed by atoms with E-state index in [9.17, 15) is 13.2 Å². The summed E-state index contributed by atoms with van der Waals surface area (Å²) in [5, 5.41) is 2.93. The maximum absolute atomic E-state index is 13.0. The van der Waals surface area contributed by atoms with Crippen molar-refractivity contribution in [2.75, 3.05) is 32.5 Å². The lowest BCUT2D eigenvalue weighted by Crippen LogP contribution is -2.34. The van der Waals surface area contributed by atoms with Crippen LogP contribution in [0.3, 0.4) is 0 Å². The third kappa shape index (κ3) is 6.15. The second-order valence-corrected chi connectivity index (χ2v) is 10.1. The van der Waals surface area contributed by atoms with Crippen LogP contribution in [0.2, 0.25) is 0 Å². The van der Waals surface area contributed by atoms with Gasteiger partial charge in [0.2, 0.25) is 0 Å². The topological polar surface area (TPSA) is 87.7 Å². The lowest BCUT2D eigenvalue weighted by Gasteiger charge is -2.25. The maximum Gasteiger partial charge on any atom is 0.262 e. The molecule has 2 N–H and O–H groups in total. The van der Waals surface area contributed by atoms with E-state index in [4.69, 9.17) is 4.74 Å². The molecule has 3 rings (SSSR count). The van der Waals surface area contributed by atoms with Crippen LogP contribution in [0.1, 0.15) is 33.1 Å². The Morgan fingerprint density at radius 2 is 1.62 bits per heavy atom. The molecule has 0 aliphatic heterocycles. The second kappa shape index (κ2) is 10.7. The van der Waals surface area contributed by atoms with Gasteiger partial charge in [0, 0.05) is 17.8 Å². The summed E-state index contributed by atoms with van der Waals surface area (Å²) in [4.78, 5) is 15.0. The molecule has 0 aromatic heterocycles. The molecule has 0 aliphatic carbocycles. The fourth-order valence-corrected chi connectivity index (χ4v) is 4.91. The Labute approximate surface area is 201 Å². The van der Waals surface area contributed by atoms with Crippen molar-refractivity contribution in [1.82, 2.24) is 10.2 Å². The summed E-state index contributed by atoms with van der Waals surface area (Å²) in [7, 11) is 1.64. The number of ether oxygens (including phenoxy) is 1. The normalized spacial score (nSPS) is 12.3. The average Bonchev–Trinajstić information content (AvgIpc) is 2.80. The first-order valence-electron chi connectivity index (χ1n) is 10.9. The number of sulfonamides is 1. The van der Waals surface area contributed by atoms with Gasteiger partial charge in [-0.3, -0.25) is 9.52 Å². The molecule has 0 spiro atoms. The van der Waals surface area contributed by atoms with E-state index in [2.05, 4.69) is 10.0 Å². The second-order valence-electron chi connectivity index (χ2n) is 8.41. The van der Waals surface area contributed by atoms with Crippen LogP contribution >= 0.6 is 0 Å². The molecule has 7 nitrogen and oxygen atoms in total. The van der Waals surface area contributed by atoms with Gasteiger partial charge in [0.05, 0.1) is 18.0 Å². The number of rotatable bonds is 9. The van der Waals surface area contributed by atoms with Crippen LogP contribution in [-0.4, -0.2) is 47.0 Å². The number of amides is 1. The highest BCUT2D eigenvalue weighted by molar-refractivity contribution is 7.92. The van der Waals surface area contributed by atoms with Gasteiger partial charge in [0.15, 0.2) is 0 Å². The lowest BCUT2D eigenvalue weighted by atomic mass is 10.1. The van der Waals surface area contributed by atoms with E-state index in [1.807, 2.05) is 62.3 Å². The first-order valence-corrected chi connectivity index (χ1v) is 12.4. The fraction of sp³-hybridized carbons (Fsp3) is 0.269. The van der Waals surface area contributed by atoms with Gasteiger partial charge in [-0.1, -0.05) is 35.9 Å². The highest BCUT2D eigenvalue weighted by Crippen LogP contribution is 2.23. The predicted octanol–water partition coefficient (Wildman–Crippen LogP) is 4.15. The largest absolute Gasteiger partial charge is 0.497 e. The first-order chi connectivity index (χ1) is 16.1. The highest BCUT2D eigenvalue weighted by atomic mass is 32.2. The van der Waals surface area contributed by atoms with Crippen LogP contribution < -0.4 is 14.8 Å². The number of hydrogen-bond acceptors (Lipinski definition) is 5. The summed E-state index contributed by atoms with van der Waals surface area (Å²) in [6.45, 7) is 3.99. The monoisotopic (exact) mass is 481 g/mol. The van der Waals surface area contributed by atoms with Gasteiger partial charge in [-0.15, -0.1) is 0 Å². The highest BCUT2D eigenvalue weighted by Gasteiger charge is 2.21. The van der Waals surface area contributed by atoms with E-state index in [0.717, 1.165) is 16.9 Å². The Hall–Kier alpha value is -3.36. The van der Waals surface area contributed by atoms with Gasteiger partial charge >= 0.3 is 0 Å². The molecular formula is C26H31N3O4S. The fourth-order valence-electron chi connectivity index (χ4n) is 3.58. The summed E-state index contributed by atoms with van der Waals surface area (Å²) in [5.74, 6) is 0.421. The average molecular weight is 482 g/mol. The molecule has 0 saturated heterocycles. The van der Waals surface area contributed by atoms with Gasteiger partial charge < -0.3 is 15.0 Å². The minimum atomic E-state index is -3.86. The van der Waals surface area contributed by atoms with E-state index in [0.29, 0.717) is 17.8 Å². The zero-order chi connectivity index (χ0) is 24.9. The molecule has 0 radical (unpaired) electrons. The number of hydrogen-bond donors (Lipinski definition) is 2. The van der Waals surface area contributed by atoms with Crippen LogP contribution in [0.5, 0.6) is 5.75 Å². The number of aryl methyl sites for hydroxylation is 2. The molecular weight excluding hydrogens is 450 g/mol. The van der Waals surface area contributed by atoms with E-state index < -0.39 is 10.0 Å². The van der Waals surface area contributed by atoms with E-state index in [-0.39, 0.29) is 22.4 Å².